The number of aromatic nitrogens is 2. The van der Waals surface area contributed by atoms with E-state index in [0.717, 1.165) is 0 Å². The zero-order valence-corrected chi connectivity index (χ0v) is 8.26. The van der Waals surface area contributed by atoms with Crippen molar-refractivity contribution < 1.29 is 14.9 Å². The highest BCUT2D eigenvalue weighted by molar-refractivity contribution is 5.83. The molecular formula is C4H4N8O6. The van der Waals surface area contributed by atoms with E-state index >= 15 is 0 Å². The third-order valence-electron chi connectivity index (χ3n) is 1.50. The summed E-state index contributed by atoms with van der Waals surface area (Å²) in [4.78, 5) is 32.1. The van der Waals surface area contributed by atoms with Gasteiger partial charge in [0.25, 0.3) is 11.6 Å². The van der Waals surface area contributed by atoms with Gasteiger partial charge in [-0.1, -0.05) is 5.43 Å². The van der Waals surface area contributed by atoms with Crippen molar-refractivity contribution in [1.29, 1.82) is 0 Å². The number of aromatic amines is 1. The molecule has 14 heteroatoms. The molecule has 0 aromatic carbocycles. The van der Waals surface area contributed by atoms with Gasteiger partial charge in [0.2, 0.25) is 0 Å². The quantitative estimate of drug-likeness (QED) is 0.260. The summed E-state index contributed by atoms with van der Waals surface area (Å²) in [6, 6.07) is 0. The molecule has 1 rings (SSSR count). The first kappa shape index (κ1) is 12.7. The fourth-order valence-electron chi connectivity index (χ4n) is 0.914. The van der Waals surface area contributed by atoms with Gasteiger partial charge in [0.1, 0.15) is 5.10 Å². The van der Waals surface area contributed by atoms with E-state index < -0.39 is 38.2 Å². The van der Waals surface area contributed by atoms with Gasteiger partial charge in [-0.2, -0.15) is 4.99 Å². The van der Waals surface area contributed by atoms with Crippen molar-refractivity contribution in [3.05, 3.63) is 30.3 Å². The Hall–Kier alpha value is -3.32. The minimum Gasteiger partial charge on any atom is -0.365 e. The van der Waals surface area contributed by atoms with Crippen LogP contribution in [-0.2, 0) is 0 Å². The Morgan fingerprint density at radius 3 is 2.33 bits per heavy atom. The van der Waals surface area contributed by atoms with Crippen LogP contribution < -0.4 is 11.2 Å². The molecule has 0 aliphatic heterocycles. The minimum absolute atomic E-state index is 0.822. The lowest BCUT2D eigenvalue weighted by Gasteiger charge is -1.95. The zero-order chi connectivity index (χ0) is 13.9. The molecule has 1 aromatic heterocycles. The summed E-state index contributed by atoms with van der Waals surface area (Å²) in [5, 5.41) is 34.7. The van der Waals surface area contributed by atoms with Crippen LogP contribution in [0, 0.1) is 30.3 Å². The average molecular weight is 260 g/mol. The van der Waals surface area contributed by atoms with Crippen LogP contribution in [0.2, 0.25) is 0 Å². The van der Waals surface area contributed by atoms with E-state index in [1.807, 2.05) is 0 Å². The highest BCUT2D eigenvalue weighted by Gasteiger charge is 2.32. The topological polar surface area (TPSA) is 209 Å². The highest BCUT2D eigenvalue weighted by Crippen LogP contribution is 2.33. The number of guanidine groups is 1. The second kappa shape index (κ2) is 4.68. The summed E-state index contributed by atoms with van der Waals surface area (Å²) in [6.45, 7) is 0. The number of hydrogen-bond donors (Lipinski definition) is 3. The van der Waals surface area contributed by atoms with Crippen LogP contribution in [0.25, 0.3) is 0 Å². The number of H-pyrrole nitrogens is 1. The Labute approximate surface area is 95.9 Å². The lowest BCUT2D eigenvalue weighted by Crippen LogP contribution is -2.35. The number of nitro groups is 3. The van der Waals surface area contributed by atoms with Crippen molar-refractivity contribution >= 4 is 23.3 Å². The number of aliphatic imine (C=N–C) groups is 1. The van der Waals surface area contributed by atoms with Gasteiger partial charge in [0, 0.05) is 0 Å². The Morgan fingerprint density at radius 1 is 1.28 bits per heavy atom. The van der Waals surface area contributed by atoms with Crippen LogP contribution in [0.1, 0.15) is 0 Å². The average Bonchev–Trinajstić information content (AvgIpc) is 2.59. The van der Waals surface area contributed by atoms with Crippen LogP contribution in [-0.4, -0.2) is 31.0 Å². The molecule has 0 aliphatic carbocycles. The van der Waals surface area contributed by atoms with Crippen molar-refractivity contribution in [3.63, 3.8) is 0 Å². The first-order valence-electron chi connectivity index (χ1n) is 3.95. The molecule has 1 aromatic rings. The summed E-state index contributed by atoms with van der Waals surface area (Å²) >= 11 is 0. The largest absolute Gasteiger partial charge is 0.446 e. The molecule has 96 valence electrons. The number of hydrogen-bond acceptors (Lipinski definition) is 8. The predicted octanol–water partition coefficient (Wildman–Crippen LogP) is -1.05. The predicted molar refractivity (Wildman–Crippen MR) is 53.3 cm³/mol. The van der Waals surface area contributed by atoms with Crippen LogP contribution in [0.15, 0.2) is 4.99 Å². The highest BCUT2D eigenvalue weighted by atomic mass is 16.7. The van der Waals surface area contributed by atoms with E-state index in [1.165, 1.54) is 5.43 Å². The number of nitrogens with one attached hydrogen (secondary N) is 2. The van der Waals surface area contributed by atoms with Crippen LogP contribution >= 0.6 is 0 Å². The van der Waals surface area contributed by atoms with E-state index in [1.54, 1.807) is 5.10 Å². The summed E-state index contributed by atoms with van der Waals surface area (Å²) in [7, 11) is 0. The fraction of sp³-hybridized carbons (Fsp3) is 0. The second-order valence-corrected chi connectivity index (χ2v) is 2.62. The molecule has 4 N–H and O–H groups in total. The zero-order valence-electron chi connectivity index (χ0n) is 8.26. The molecule has 0 fully saturated rings. The molecule has 1 heterocycles. The van der Waals surface area contributed by atoms with Gasteiger partial charge in [-0.15, -0.1) is 0 Å². The van der Waals surface area contributed by atoms with E-state index in [9.17, 15) is 30.3 Å². The number of nitrogens with two attached hydrogens (primary N) is 1. The van der Waals surface area contributed by atoms with Crippen molar-refractivity contribution in [2.24, 2.45) is 10.7 Å². The lowest BCUT2D eigenvalue weighted by molar-refractivity contribution is -0.525. The maximum Gasteiger partial charge on any atom is 0.446 e. The Bertz CT molecular complexity index is 514. The number of rotatable bonds is 4. The van der Waals surface area contributed by atoms with Crippen molar-refractivity contribution in [1.82, 2.24) is 15.6 Å². The minimum atomic E-state index is -1.09. The molecule has 0 bridgehead atoms. The Balaban J connectivity index is 3.27. The van der Waals surface area contributed by atoms with Gasteiger partial charge in [-0.05, 0) is 14.9 Å². The van der Waals surface area contributed by atoms with E-state index in [4.69, 9.17) is 5.73 Å². The van der Waals surface area contributed by atoms with Gasteiger partial charge in [0.15, 0.2) is 5.03 Å². The maximum absolute atomic E-state index is 10.5. The summed E-state index contributed by atoms with van der Waals surface area (Å²) < 4.78 is 0. The molecule has 18 heavy (non-hydrogen) atoms. The van der Waals surface area contributed by atoms with E-state index in [0.29, 0.717) is 0 Å². The van der Waals surface area contributed by atoms with Crippen molar-refractivity contribution in [2.75, 3.05) is 0 Å². The molecular weight excluding hydrogens is 256 g/mol. The normalized spacial score (nSPS) is 11.0. The Morgan fingerprint density at radius 2 is 1.89 bits per heavy atom. The van der Waals surface area contributed by atoms with Gasteiger partial charge < -0.3 is 26.0 Å². The van der Waals surface area contributed by atoms with Gasteiger partial charge in [-0.3, -0.25) is 0 Å². The van der Waals surface area contributed by atoms with Crippen molar-refractivity contribution in [3.8, 4) is 0 Å². The van der Waals surface area contributed by atoms with E-state index in [-0.39, 0.29) is 0 Å². The number of nitrogens with zero attached hydrogens (tertiary/aromatic N) is 5. The van der Waals surface area contributed by atoms with Crippen molar-refractivity contribution in [2.45, 2.75) is 0 Å². The molecule has 0 saturated carbocycles. The van der Waals surface area contributed by atoms with Gasteiger partial charge in [0.05, 0.1) is 0 Å². The first-order valence-corrected chi connectivity index (χ1v) is 3.95. The molecule has 0 saturated heterocycles. The van der Waals surface area contributed by atoms with Crippen LogP contribution in [0.3, 0.4) is 0 Å². The van der Waals surface area contributed by atoms with E-state index in [2.05, 4.69) is 10.1 Å². The summed E-state index contributed by atoms with van der Waals surface area (Å²) in [5.41, 5.74) is 5.57. The van der Waals surface area contributed by atoms with Crippen LogP contribution in [0.5, 0.6) is 0 Å². The molecule has 0 atom stereocenters. The monoisotopic (exact) mass is 260 g/mol. The standard InChI is InChI=1S/C4H4N8O6/c5-4(9-12(17)18)6-1-2(10(13)14)7-8-3(1)11(15)16/h(H,7,8)(H3,5,6,9). The second-order valence-electron chi connectivity index (χ2n) is 2.62. The van der Waals surface area contributed by atoms with Gasteiger partial charge >= 0.3 is 11.6 Å². The molecule has 0 spiro atoms. The third kappa shape index (κ3) is 2.62. The third-order valence-corrected chi connectivity index (χ3v) is 1.50. The Kier molecular flexibility index (Phi) is 3.31. The molecule has 14 nitrogen and oxygen atoms in total. The SMILES string of the molecule is NC(=Nc1c([N+](=O)[O-])n[nH]c1[N+](=O)[O-])N[N+](=O)[O-]. The first-order chi connectivity index (χ1) is 8.32. The fourth-order valence-corrected chi connectivity index (χ4v) is 0.914. The summed E-state index contributed by atoms with van der Waals surface area (Å²) in [5.74, 6) is -2.75. The summed E-state index contributed by atoms with van der Waals surface area (Å²) in [6.07, 6.45) is 0. The molecule has 0 amide bonds. The molecule has 0 aliphatic rings. The lowest BCUT2D eigenvalue weighted by atomic mass is 10.5. The van der Waals surface area contributed by atoms with Gasteiger partial charge in [-0.25, -0.2) is 10.1 Å². The smallest absolute Gasteiger partial charge is 0.365 e. The van der Waals surface area contributed by atoms with Crippen LogP contribution in [0.4, 0.5) is 17.3 Å². The molecule has 0 unspecified atom stereocenters. The molecule has 0 radical (unpaired) electrons. The number of hydrazine groups is 1. The maximum atomic E-state index is 10.5.